The molecule has 0 bridgehead atoms. The first-order valence-electron chi connectivity index (χ1n) is 8.89. The number of benzene rings is 1. The summed E-state index contributed by atoms with van der Waals surface area (Å²) in [5.41, 5.74) is 8.81. The van der Waals surface area contributed by atoms with E-state index in [4.69, 9.17) is 15.6 Å². The van der Waals surface area contributed by atoms with Crippen molar-refractivity contribution >= 4 is 27.8 Å². The van der Waals surface area contributed by atoms with Gasteiger partial charge < -0.3 is 10.6 Å². The summed E-state index contributed by atoms with van der Waals surface area (Å²) >= 11 is 0. The number of rotatable bonds is 3. The van der Waals surface area contributed by atoms with Gasteiger partial charge in [0.05, 0.1) is 5.52 Å². The first-order valence-corrected chi connectivity index (χ1v) is 8.89. The Labute approximate surface area is 141 Å². The van der Waals surface area contributed by atoms with Gasteiger partial charge in [-0.1, -0.05) is 37.5 Å². The van der Waals surface area contributed by atoms with Crippen LogP contribution in [0.15, 0.2) is 24.3 Å². The van der Waals surface area contributed by atoms with E-state index >= 15 is 0 Å². The highest BCUT2D eigenvalue weighted by Crippen LogP contribution is 2.36. The molecule has 0 radical (unpaired) electrons. The molecule has 3 aromatic rings. The number of anilines is 1. The second kappa shape index (κ2) is 5.96. The minimum absolute atomic E-state index is 0.0675. The van der Waals surface area contributed by atoms with Crippen LogP contribution in [0.2, 0.25) is 0 Å². The van der Waals surface area contributed by atoms with E-state index < -0.39 is 0 Å². The van der Waals surface area contributed by atoms with Gasteiger partial charge in [0, 0.05) is 11.3 Å². The monoisotopic (exact) mass is 324 g/mol. The van der Waals surface area contributed by atoms with Crippen LogP contribution in [0, 0.1) is 0 Å². The van der Waals surface area contributed by atoms with Crippen LogP contribution in [0.4, 0.5) is 5.82 Å². The summed E-state index contributed by atoms with van der Waals surface area (Å²) in [7, 11) is 0. The van der Waals surface area contributed by atoms with E-state index in [0.29, 0.717) is 11.7 Å². The van der Waals surface area contributed by atoms with Crippen molar-refractivity contribution in [2.45, 2.75) is 58.0 Å². The van der Waals surface area contributed by atoms with Gasteiger partial charge in [0.2, 0.25) is 0 Å². The van der Waals surface area contributed by atoms with E-state index in [9.17, 15) is 0 Å². The van der Waals surface area contributed by atoms with Crippen LogP contribution in [0.25, 0.3) is 21.9 Å². The van der Waals surface area contributed by atoms with Crippen molar-refractivity contribution in [2.24, 2.45) is 0 Å². The molecule has 1 aliphatic carbocycles. The number of imidazole rings is 1. The maximum Gasteiger partial charge on any atom is 0.152 e. The van der Waals surface area contributed by atoms with Crippen molar-refractivity contribution in [1.82, 2.24) is 14.7 Å². The second-order valence-electron chi connectivity index (χ2n) is 6.96. The topological polar surface area (TPSA) is 66.0 Å². The normalized spacial score (nSPS) is 16.3. The third-order valence-electron chi connectivity index (χ3n) is 4.79. The first-order chi connectivity index (χ1) is 11.6. The fourth-order valence-electron chi connectivity index (χ4n) is 3.73. The summed E-state index contributed by atoms with van der Waals surface area (Å²) in [6, 6.07) is 8.05. The van der Waals surface area contributed by atoms with Gasteiger partial charge in [-0.3, -0.25) is 0 Å². The van der Waals surface area contributed by atoms with Crippen molar-refractivity contribution in [3.63, 3.8) is 0 Å². The van der Waals surface area contributed by atoms with Gasteiger partial charge in [-0.15, -0.1) is 0 Å². The number of fused-ring (bicyclic) bond motifs is 3. The van der Waals surface area contributed by atoms with Gasteiger partial charge in [-0.2, -0.15) is 4.73 Å². The Kier molecular flexibility index (Phi) is 3.79. The molecule has 2 N–H and O–H groups in total. The highest BCUT2D eigenvalue weighted by Gasteiger charge is 2.26. The van der Waals surface area contributed by atoms with Gasteiger partial charge in [0.1, 0.15) is 23.0 Å². The summed E-state index contributed by atoms with van der Waals surface area (Å²) in [4.78, 5) is 15.6. The number of para-hydroxylation sites is 1. The standard InChI is InChI=1S/C19H24N4O/c1-12(2)24-23-17-14-10-6-7-11-15(14)21-18(20)16(17)22-19(23)13-8-4-3-5-9-13/h6-7,10-13H,3-5,8-9H2,1-2H3,(H2,20,21). The molecular formula is C19H24N4O. The molecule has 126 valence electrons. The highest BCUT2D eigenvalue weighted by atomic mass is 16.7. The Morgan fingerprint density at radius 1 is 1.12 bits per heavy atom. The van der Waals surface area contributed by atoms with Gasteiger partial charge in [-0.05, 0) is 32.8 Å². The first kappa shape index (κ1) is 15.2. The molecule has 1 aromatic carbocycles. The van der Waals surface area contributed by atoms with Crippen LogP contribution in [-0.4, -0.2) is 20.8 Å². The molecular weight excluding hydrogens is 300 g/mol. The largest absolute Gasteiger partial charge is 0.409 e. The van der Waals surface area contributed by atoms with Crippen LogP contribution in [-0.2, 0) is 0 Å². The Morgan fingerprint density at radius 3 is 2.62 bits per heavy atom. The highest BCUT2D eigenvalue weighted by molar-refractivity contribution is 6.06. The lowest BCUT2D eigenvalue weighted by atomic mass is 9.89. The van der Waals surface area contributed by atoms with Crippen molar-refractivity contribution in [1.29, 1.82) is 0 Å². The van der Waals surface area contributed by atoms with Gasteiger partial charge in [0.25, 0.3) is 0 Å². The Hall–Kier alpha value is -2.30. The molecule has 24 heavy (non-hydrogen) atoms. The van der Waals surface area contributed by atoms with Gasteiger partial charge in [0.15, 0.2) is 5.82 Å². The lowest BCUT2D eigenvalue weighted by Gasteiger charge is -2.23. The lowest BCUT2D eigenvalue weighted by molar-refractivity contribution is 0.0586. The van der Waals surface area contributed by atoms with Crippen molar-refractivity contribution < 1.29 is 4.84 Å². The molecule has 0 unspecified atom stereocenters. The molecule has 4 rings (SSSR count). The minimum atomic E-state index is 0.0675. The maximum absolute atomic E-state index is 6.22. The third-order valence-corrected chi connectivity index (χ3v) is 4.79. The average Bonchev–Trinajstić information content (AvgIpc) is 2.95. The summed E-state index contributed by atoms with van der Waals surface area (Å²) < 4.78 is 1.94. The molecule has 2 heterocycles. The smallest absolute Gasteiger partial charge is 0.152 e. The number of hydrogen-bond donors (Lipinski definition) is 1. The van der Waals surface area contributed by atoms with E-state index in [0.717, 1.165) is 40.6 Å². The van der Waals surface area contributed by atoms with E-state index in [2.05, 4.69) is 11.1 Å². The molecule has 0 saturated heterocycles. The van der Waals surface area contributed by atoms with Crippen LogP contribution < -0.4 is 10.6 Å². The molecule has 1 saturated carbocycles. The Balaban J connectivity index is 2.01. The molecule has 2 aromatic heterocycles. The summed E-state index contributed by atoms with van der Waals surface area (Å²) in [6.07, 6.45) is 6.21. The minimum Gasteiger partial charge on any atom is -0.409 e. The van der Waals surface area contributed by atoms with Gasteiger partial charge >= 0.3 is 0 Å². The quantitative estimate of drug-likeness (QED) is 0.789. The molecule has 5 heteroatoms. The molecule has 0 atom stereocenters. The lowest BCUT2D eigenvalue weighted by Crippen LogP contribution is -2.23. The van der Waals surface area contributed by atoms with Gasteiger partial charge in [-0.25, -0.2) is 9.97 Å². The third kappa shape index (κ3) is 2.48. The molecule has 0 amide bonds. The number of nitrogen functional groups attached to an aromatic ring is 1. The zero-order valence-corrected chi connectivity index (χ0v) is 14.3. The predicted molar refractivity (Wildman–Crippen MR) is 97.0 cm³/mol. The number of pyridine rings is 1. The number of hydrogen-bond acceptors (Lipinski definition) is 4. The van der Waals surface area contributed by atoms with Crippen LogP contribution in [0.1, 0.15) is 57.7 Å². The van der Waals surface area contributed by atoms with Crippen LogP contribution in [0.5, 0.6) is 0 Å². The predicted octanol–water partition coefficient (Wildman–Crippen LogP) is 4.05. The zero-order valence-electron chi connectivity index (χ0n) is 14.3. The number of nitrogens with two attached hydrogens (primary N) is 1. The Morgan fingerprint density at radius 2 is 1.88 bits per heavy atom. The molecule has 0 aliphatic heterocycles. The fourth-order valence-corrected chi connectivity index (χ4v) is 3.73. The van der Waals surface area contributed by atoms with Crippen molar-refractivity contribution in [3.05, 3.63) is 30.1 Å². The van der Waals surface area contributed by atoms with E-state index in [1.165, 1.54) is 19.3 Å². The second-order valence-corrected chi connectivity index (χ2v) is 6.96. The van der Waals surface area contributed by atoms with Crippen molar-refractivity contribution in [3.8, 4) is 0 Å². The molecule has 5 nitrogen and oxygen atoms in total. The zero-order chi connectivity index (χ0) is 16.7. The number of nitrogens with zero attached hydrogens (tertiary/aromatic N) is 3. The number of aromatic nitrogens is 3. The summed E-state index contributed by atoms with van der Waals surface area (Å²) in [5, 5.41) is 1.04. The van der Waals surface area contributed by atoms with E-state index in [1.54, 1.807) is 0 Å². The summed E-state index contributed by atoms with van der Waals surface area (Å²) in [6.45, 7) is 4.09. The van der Waals surface area contributed by atoms with Crippen LogP contribution in [0.3, 0.4) is 0 Å². The van der Waals surface area contributed by atoms with E-state index in [1.807, 2.05) is 36.8 Å². The van der Waals surface area contributed by atoms with Crippen LogP contribution >= 0.6 is 0 Å². The van der Waals surface area contributed by atoms with Crippen molar-refractivity contribution in [2.75, 3.05) is 5.73 Å². The average molecular weight is 324 g/mol. The maximum atomic E-state index is 6.22. The molecule has 0 spiro atoms. The Bertz CT molecular complexity index is 878. The molecule has 1 aliphatic rings. The summed E-state index contributed by atoms with van der Waals surface area (Å²) in [5.74, 6) is 1.91. The van der Waals surface area contributed by atoms with E-state index in [-0.39, 0.29) is 6.10 Å². The SMILES string of the molecule is CC(C)On1c(C2CCCCC2)nc2c(N)nc3ccccc3c21. The fraction of sp³-hybridized carbons (Fsp3) is 0.474. The molecule has 1 fully saturated rings.